The Morgan fingerprint density at radius 1 is 1.25 bits per heavy atom. The number of halogens is 1. The molecule has 0 saturated carbocycles. The largest absolute Gasteiger partial charge is 0.370 e. The van der Waals surface area contributed by atoms with Crippen molar-refractivity contribution in [2.45, 2.75) is 19.9 Å². The molecule has 0 saturated heterocycles. The molecule has 1 aromatic heterocycles. The van der Waals surface area contributed by atoms with Crippen LogP contribution in [0.1, 0.15) is 18.9 Å². The molecule has 0 fully saturated rings. The third-order valence-corrected chi connectivity index (χ3v) is 3.11. The Balaban J connectivity index is 2.09. The van der Waals surface area contributed by atoms with Crippen LogP contribution in [0, 0.1) is 5.82 Å². The number of rotatable bonds is 6. The molecule has 0 aliphatic carbocycles. The van der Waals surface area contributed by atoms with Gasteiger partial charge in [0.15, 0.2) is 0 Å². The summed E-state index contributed by atoms with van der Waals surface area (Å²) in [6.45, 7) is 3.54. The summed E-state index contributed by atoms with van der Waals surface area (Å²) in [5, 5.41) is 3.25. The minimum absolute atomic E-state index is 0.169. The molecule has 1 aromatic carbocycles. The van der Waals surface area contributed by atoms with E-state index in [0.717, 1.165) is 24.5 Å². The zero-order chi connectivity index (χ0) is 14.4. The Bertz CT molecular complexity index is 557. The summed E-state index contributed by atoms with van der Waals surface area (Å²) in [5.74, 6) is 0.683. The fraction of sp³-hybridized carbons (Fsp3) is 0.312. The van der Waals surface area contributed by atoms with Gasteiger partial charge in [-0.1, -0.05) is 25.1 Å². The molecule has 4 heteroatoms. The number of nitrogens with zero attached hydrogens (tertiary/aromatic N) is 2. The summed E-state index contributed by atoms with van der Waals surface area (Å²) in [5.41, 5.74) is 1.71. The lowest BCUT2D eigenvalue weighted by atomic mass is 10.2. The van der Waals surface area contributed by atoms with Crippen LogP contribution >= 0.6 is 0 Å². The predicted octanol–water partition coefficient (Wildman–Crippen LogP) is 3.68. The smallest absolute Gasteiger partial charge is 0.128 e. The lowest BCUT2D eigenvalue weighted by Crippen LogP contribution is -2.17. The molecule has 1 N–H and O–H groups in total. The molecule has 20 heavy (non-hydrogen) atoms. The average molecular weight is 273 g/mol. The van der Waals surface area contributed by atoms with Gasteiger partial charge in [0.25, 0.3) is 0 Å². The summed E-state index contributed by atoms with van der Waals surface area (Å²) in [7, 11) is 1.95. The van der Waals surface area contributed by atoms with Crippen molar-refractivity contribution >= 4 is 11.5 Å². The SMILES string of the molecule is CCCNc1cc(N(C)Cc2ccccc2F)ccn1. The Labute approximate surface area is 119 Å². The van der Waals surface area contributed by atoms with Crippen LogP contribution in [-0.2, 0) is 6.54 Å². The first-order valence-corrected chi connectivity index (χ1v) is 6.85. The van der Waals surface area contributed by atoms with E-state index >= 15 is 0 Å². The average Bonchev–Trinajstić information content (AvgIpc) is 2.48. The Morgan fingerprint density at radius 3 is 2.80 bits per heavy atom. The maximum Gasteiger partial charge on any atom is 0.128 e. The van der Waals surface area contributed by atoms with Crippen molar-refractivity contribution < 1.29 is 4.39 Å². The molecule has 106 valence electrons. The van der Waals surface area contributed by atoms with Crippen LogP contribution in [0.3, 0.4) is 0 Å². The van der Waals surface area contributed by atoms with Gasteiger partial charge in [0.2, 0.25) is 0 Å². The molecule has 3 nitrogen and oxygen atoms in total. The van der Waals surface area contributed by atoms with Gasteiger partial charge >= 0.3 is 0 Å². The number of hydrogen-bond donors (Lipinski definition) is 1. The quantitative estimate of drug-likeness (QED) is 0.870. The highest BCUT2D eigenvalue weighted by Gasteiger charge is 2.07. The lowest BCUT2D eigenvalue weighted by Gasteiger charge is -2.20. The Hall–Kier alpha value is -2.10. The van der Waals surface area contributed by atoms with Gasteiger partial charge in [-0.3, -0.25) is 0 Å². The number of anilines is 2. The fourth-order valence-electron chi connectivity index (χ4n) is 1.98. The van der Waals surface area contributed by atoms with Gasteiger partial charge in [-0.05, 0) is 18.6 Å². The highest BCUT2D eigenvalue weighted by atomic mass is 19.1. The summed E-state index contributed by atoms with van der Waals surface area (Å²) in [6.07, 6.45) is 2.82. The first-order valence-electron chi connectivity index (χ1n) is 6.85. The van der Waals surface area contributed by atoms with Crippen molar-refractivity contribution in [1.82, 2.24) is 4.98 Å². The van der Waals surface area contributed by atoms with E-state index in [1.54, 1.807) is 12.3 Å². The zero-order valence-electron chi connectivity index (χ0n) is 11.9. The van der Waals surface area contributed by atoms with Gasteiger partial charge in [-0.2, -0.15) is 0 Å². The molecule has 0 aliphatic rings. The van der Waals surface area contributed by atoms with Gasteiger partial charge in [0.05, 0.1) is 0 Å². The van der Waals surface area contributed by atoms with Crippen LogP contribution < -0.4 is 10.2 Å². The second-order valence-electron chi connectivity index (χ2n) is 4.77. The molecule has 1 heterocycles. The van der Waals surface area contributed by atoms with Crippen LogP contribution in [0.2, 0.25) is 0 Å². The Morgan fingerprint density at radius 2 is 2.05 bits per heavy atom. The molecular weight excluding hydrogens is 253 g/mol. The fourth-order valence-corrected chi connectivity index (χ4v) is 1.98. The van der Waals surface area contributed by atoms with Crippen molar-refractivity contribution in [2.75, 3.05) is 23.8 Å². The van der Waals surface area contributed by atoms with Crippen molar-refractivity contribution in [3.05, 3.63) is 54.0 Å². The molecule has 0 amide bonds. The maximum atomic E-state index is 13.7. The standard InChI is InChI=1S/C16H20FN3/c1-3-9-18-16-11-14(8-10-19-16)20(2)12-13-6-4-5-7-15(13)17/h4-8,10-11H,3,9,12H2,1-2H3,(H,18,19). The molecule has 0 atom stereocenters. The molecule has 0 radical (unpaired) electrons. The van der Waals surface area contributed by atoms with E-state index in [1.165, 1.54) is 6.07 Å². The van der Waals surface area contributed by atoms with E-state index in [1.807, 2.05) is 36.2 Å². The number of benzene rings is 1. The van der Waals surface area contributed by atoms with E-state index in [9.17, 15) is 4.39 Å². The number of pyridine rings is 1. The van der Waals surface area contributed by atoms with Gasteiger partial charge in [0.1, 0.15) is 11.6 Å². The highest BCUT2D eigenvalue weighted by Crippen LogP contribution is 2.19. The van der Waals surface area contributed by atoms with Gasteiger partial charge in [-0.25, -0.2) is 9.37 Å². The van der Waals surface area contributed by atoms with Crippen molar-refractivity contribution in [3.8, 4) is 0 Å². The topological polar surface area (TPSA) is 28.2 Å². The summed E-state index contributed by atoms with van der Waals surface area (Å²) < 4.78 is 13.7. The monoisotopic (exact) mass is 273 g/mol. The molecule has 2 rings (SSSR count). The minimum atomic E-state index is -0.169. The number of aromatic nitrogens is 1. The third kappa shape index (κ3) is 3.70. The molecule has 0 bridgehead atoms. The molecular formula is C16H20FN3. The van der Waals surface area contributed by atoms with Crippen molar-refractivity contribution in [1.29, 1.82) is 0 Å². The van der Waals surface area contributed by atoms with Gasteiger partial charge < -0.3 is 10.2 Å². The van der Waals surface area contributed by atoms with Crippen LogP contribution in [0.15, 0.2) is 42.6 Å². The molecule has 0 spiro atoms. The van der Waals surface area contributed by atoms with Crippen LogP contribution in [0.5, 0.6) is 0 Å². The van der Waals surface area contributed by atoms with E-state index in [4.69, 9.17) is 0 Å². The maximum absolute atomic E-state index is 13.7. The van der Waals surface area contributed by atoms with E-state index < -0.39 is 0 Å². The van der Waals surface area contributed by atoms with Crippen molar-refractivity contribution in [3.63, 3.8) is 0 Å². The summed E-state index contributed by atoms with van der Waals surface area (Å²) in [6, 6.07) is 10.8. The van der Waals surface area contributed by atoms with Gasteiger partial charge in [0, 0.05) is 43.7 Å². The summed E-state index contributed by atoms with van der Waals surface area (Å²) >= 11 is 0. The first kappa shape index (κ1) is 14.3. The minimum Gasteiger partial charge on any atom is -0.370 e. The number of hydrogen-bond acceptors (Lipinski definition) is 3. The highest BCUT2D eigenvalue weighted by molar-refractivity contribution is 5.53. The van der Waals surface area contributed by atoms with Crippen molar-refractivity contribution in [2.24, 2.45) is 0 Å². The summed E-state index contributed by atoms with van der Waals surface area (Å²) in [4.78, 5) is 6.28. The zero-order valence-corrected chi connectivity index (χ0v) is 11.9. The number of nitrogens with one attached hydrogen (secondary N) is 1. The predicted molar refractivity (Wildman–Crippen MR) is 81.5 cm³/mol. The van der Waals surface area contributed by atoms with Gasteiger partial charge in [-0.15, -0.1) is 0 Å². The molecule has 2 aromatic rings. The van der Waals surface area contributed by atoms with Crippen LogP contribution in [0.25, 0.3) is 0 Å². The third-order valence-electron chi connectivity index (χ3n) is 3.11. The molecule has 0 unspecified atom stereocenters. The van der Waals surface area contributed by atoms with Crippen LogP contribution in [0.4, 0.5) is 15.9 Å². The van der Waals surface area contributed by atoms with E-state index in [2.05, 4.69) is 17.2 Å². The second kappa shape index (κ2) is 6.89. The first-order chi connectivity index (χ1) is 9.70. The molecule has 0 aliphatic heterocycles. The van der Waals surface area contributed by atoms with E-state index in [-0.39, 0.29) is 5.82 Å². The lowest BCUT2D eigenvalue weighted by molar-refractivity contribution is 0.608. The second-order valence-corrected chi connectivity index (χ2v) is 4.77. The Kier molecular flexibility index (Phi) is 4.93. The van der Waals surface area contributed by atoms with E-state index in [0.29, 0.717) is 12.1 Å². The normalized spacial score (nSPS) is 10.3. The van der Waals surface area contributed by atoms with Crippen LogP contribution in [-0.4, -0.2) is 18.6 Å².